The number of carbonyl (C=O) groups excluding carboxylic acids is 2. The van der Waals surface area contributed by atoms with Crippen LogP contribution in [0, 0.1) is 0 Å². The lowest BCUT2D eigenvalue weighted by Crippen LogP contribution is -2.22. The average molecular weight is 452 g/mol. The molecule has 2 N–H and O–H groups in total. The van der Waals surface area contributed by atoms with Crippen LogP contribution in [0.4, 0.5) is 11.4 Å². The van der Waals surface area contributed by atoms with E-state index in [-0.39, 0.29) is 22.5 Å². The molecule has 0 fully saturated rings. The number of anilines is 2. The molecular weight excluding hydrogens is 422 g/mol. The SMILES string of the molecule is CC(=O)Nc1ccc(NC(=O)[C@H](C)Sc2nnc(-c3ccc(C(C)(C)C)cc3)n2C)cc1. The van der Waals surface area contributed by atoms with Gasteiger partial charge in [-0.25, -0.2) is 0 Å². The van der Waals surface area contributed by atoms with Crippen LogP contribution in [0.1, 0.15) is 40.2 Å². The van der Waals surface area contributed by atoms with Gasteiger partial charge in [0.05, 0.1) is 5.25 Å². The van der Waals surface area contributed by atoms with Crippen molar-refractivity contribution in [1.29, 1.82) is 0 Å². The van der Waals surface area contributed by atoms with Gasteiger partial charge in [0.15, 0.2) is 11.0 Å². The van der Waals surface area contributed by atoms with Gasteiger partial charge in [0.25, 0.3) is 0 Å². The van der Waals surface area contributed by atoms with Crippen molar-refractivity contribution in [2.75, 3.05) is 10.6 Å². The summed E-state index contributed by atoms with van der Waals surface area (Å²) in [7, 11) is 1.90. The molecule has 8 heteroatoms. The maximum Gasteiger partial charge on any atom is 0.237 e. The minimum absolute atomic E-state index is 0.0898. The highest BCUT2D eigenvalue weighted by Crippen LogP contribution is 2.28. The maximum atomic E-state index is 12.6. The summed E-state index contributed by atoms with van der Waals surface area (Å²) in [6, 6.07) is 15.3. The van der Waals surface area contributed by atoms with Crippen molar-refractivity contribution < 1.29 is 9.59 Å². The molecular formula is C24H29N5O2S. The Hall–Kier alpha value is -3.13. The van der Waals surface area contributed by atoms with Crippen molar-refractivity contribution >= 4 is 35.0 Å². The van der Waals surface area contributed by atoms with Crippen molar-refractivity contribution in [3.8, 4) is 11.4 Å². The molecule has 3 aromatic rings. The summed E-state index contributed by atoms with van der Waals surface area (Å²) < 4.78 is 1.91. The first-order valence-electron chi connectivity index (χ1n) is 10.4. The van der Waals surface area contributed by atoms with Gasteiger partial charge in [0.1, 0.15) is 0 Å². The van der Waals surface area contributed by atoms with E-state index in [0.29, 0.717) is 16.5 Å². The number of rotatable bonds is 6. The van der Waals surface area contributed by atoms with Crippen molar-refractivity contribution in [2.45, 2.75) is 50.4 Å². The fourth-order valence-electron chi connectivity index (χ4n) is 3.08. The van der Waals surface area contributed by atoms with Crippen molar-refractivity contribution in [3.05, 3.63) is 54.1 Å². The molecule has 7 nitrogen and oxygen atoms in total. The van der Waals surface area contributed by atoms with Crippen LogP contribution in [-0.2, 0) is 22.1 Å². The second kappa shape index (κ2) is 9.56. The predicted octanol–water partition coefficient (Wildman–Crippen LogP) is 4.86. The Morgan fingerprint density at radius 3 is 2.03 bits per heavy atom. The molecule has 1 atom stereocenters. The van der Waals surface area contributed by atoms with Gasteiger partial charge in [-0.1, -0.05) is 56.8 Å². The summed E-state index contributed by atoms with van der Waals surface area (Å²) >= 11 is 1.35. The molecule has 3 rings (SSSR count). The first-order chi connectivity index (χ1) is 15.0. The van der Waals surface area contributed by atoms with Crippen LogP contribution >= 0.6 is 11.8 Å². The zero-order chi connectivity index (χ0) is 23.5. The third-order valence-corrected chi connectivity index (χ3v) is 6.10. The fraction of sp³-hybridized carbons (Fsp3) is 0.333. The Bertz CT molecular complexity index is 1100. The number of nitrogens with one attached hydrogen (secondary N) is 2. The van der Waals surface area contributed by atoms with Gasteiger partial charge in [-0.05, 0) is 42.2 Å². The Morgan fingerprint density at radius 1 is 0.938 bits per heavy atom. The second-order valence-corrected chi connectivity index (χ2v) is 10.0. The number of thioether (sulfide) groups is 1. The van der Waals surface area contributed by atoms with Gasteiger partial charge >= 0.3 is 0 Å². The lowest BCUT2D eigenvalue weighted by Gasteiger charge is -2.19. The van der Waals surface area contributed by atoms with Crippen molar-refractivity contribution in [2.24, 2.45) is 7.05 Å². The van der Waals surface area contributed by atoms with E-state index >= 15 is 0 Å². The zero-order valence-corrected chi connectivity index (χ0v) is 20.1. The van der Waals surface area contributed by atoms with E-state index in [0.717, 1.165) is 11.4 Å². The van der Waals surface area contributed by atoms with Gasteiger partial charge in [-0.15, -0.1) is 10.2 Å². The highest BCUT2D eigenvalue weighted by molar-refractivity contribution is 8.00. The highest BCUT2D eigenvalue weighted by atomic mass is 32.2. The third kappa shape index (κ3) is 5.76. The summed E-state index contributed by atoms with van der Waals surface area (Å²) in [4.78, 5) is 23.8. The first-order valence-corrected chi connectivity index (χ1v) is 11.3. The summed E-state index contributed by atoms with van der Waals surface area (Å²) in [5.41, 5.74) is 3.67. The first kappa shape index (κ1) is 23.5. The van der Waals surface area contributed by atoms with Crippen molar-refractivity contribution in [3.63, 3.8) is 0 Å². The molecule has 0 spiro atoms. The number of amides is 2. The standard InChI is InChI=1S/C24H29N5O2S/c1-15(22(31)26-20-13-11-19(12-14-20)25-16(2)30)32-23-28-27-21(29(23)6)17-7-9-18(10-8-17)24(3,4)5/h7-15H,1-6H3,(H,25,30)(H,26,31)/t15-/m0/s1. The van der Waals surface area contributed by atoms with Crippen molar-refractivity contribution in [1.82, 2.24) is 14.8 Å². The van der Waals surface area contributed by atoms with E-state index in [2.05, 4.69) is 65.9 Å². The maximum absolute atomic E-state index is 12.6. The van der Waals surface area contributed by atoms with Crippen LogP contribution < -0.4 is 10.6 Å². The number of carbonyl (C=O) groups is 2. The summed E-state index contributed by atoms with van der Waals surface area (Å²) in [5.74, 6) is 0.482. The lowest BCUT2D eigenvalue weighted by atomic mass is 9.87. The Labute approximate surface area is 193 Å². The van der Waals surface area contributed by atoms with Crippen LogP contribution in [0.15, 0.2) is 53.7 Å². The molecule has 0 unspecified atom stereocenters. The van der Waals surface area contributed by atoms with Gasteiger partial charge in [-0.3, -0.25) is 9.59 Å². The van der Waals surface area contributed by atoms with Gasteiger partial charge < -0.3 is 15.2 Å². The number of hydrogen-bond acceptors (Lipinski definition) is 5. The molecule has 0 bridgehead atoms. The Balaban J connectivity index is 1.65. The smallest absolute Gasteiger partial charge is 0.237 e. The normalized spacial score (nSPS) is 12.3. The number of nitrogens with zero attached hydrogens (tertiary/aromatic N) is 3. The van der Waals surface area contributed by atoms with Crippen LogP contribution in [0.25, 0.3) is 11.4 Å². The van der Waals surface area contributed by atoms with E-state index in [4.69, 9.17) is 0 Å². The summed E-state index contributed by atoms with van der Waals surface area (Å²) in [5, 5.41) is 14.5. The molecule has 0 aliphatic heterocycles. The molecule has 32 heavy (non-hydrogen) atoms. The average Bonchev–Trinajstić information content (AvgIpc) is 3.08. The van der Waals surface area contributed by atoms with Gasteiger partial charge in [0.2, 0.25) is 11.8 Å². The highest BCUT2D eigenvalue weighted by Gasteiger charge is 2.20. The molecule has 0 saturated carbocycles. The summed E-state index contributed by atoms with van der Waals surface area (Å²) in [6.07, 6.45) is 0. The molecule has 0 aliphatic carbocycles. The predicted molar refractivity (Wildman–Crippen MR) is 130 cm³/mol. The monoisotopic (exact) mass is 451 g/mol. The fourth-order valence-corrected chi connectivity index (χ4v) is 3.90. The third-order valence-electron chi connectivity index (χ3n) is 4.97. The lowest BCUT2D eigenvalue weighted by molar-refractivity contribution is -0.115. The molecule has 1 aromatic heterocycles. The minimum Gasteiger partial charge on any atom is -0.326 e. The van der Waals surface area contributed by atoms with Crippen LogP contribution in [-0.4, -0.2) is 31.8 Å². The van der Waals surface area contributed by atoms with E-state index < -0.39 is 0 Å². The van der Waals surface area contributed by atoms with E-state index in [1.165, 1.54) is 24.2 Å². The molecule has 1 heterocycles. The van der Waals surface area contributed by atoms with Crippen LogP contribution in [0.3, 0.4) is 0 Å². The molecule has 2 amide bonds. The molecule has 168 valence electrons. The molecule has 0 saturated heterocycles. The Kier molecular flexibility index (Phi) is 7.03. The van der Waals surface area contributed by atoms with E-state index in [9.17, 15) is 9.59 Å². The van der Waals surface area contributed by atoms with Gasteiger partial charge in [0, 0.05) is 30.9 Å². The number of aromatic nitrogens is 3. The minimum atomic E-state index is -0.371. The topological polar surface area (TPSA) is 88.9 Å². The van der Waals surface area contributed by atoms with Crippen LogP contribution in [0.5, 0.6) is 0 Å². The largest absolute Gasteiger partial charge is 0.326 e. The van der Waals surface area contributed by atoms with Gasteiger partial charge in [-0.2, -0.15) is 0 Å². The summed E-state index contributed by atoms with van der Waals surface area (Å²) in [6.45, 7) is 9.83. The second-order valence-electron chi connectivity index (χ2n) is 8.70. The van der Waals surface area contributed by atoms with Crippen LogP contribution in [0.2, 0.25) is 0 Å². The number of hydrogen-bond donors (Lipinski definition) is 2. The molecule has 0 radical (unpaired) electrons. The molecule has 0 aliphatic rings. The zero-order valence-electron chi connectivity index (χ0n) is 19.3. The number of benzene rings is 2. The molecule has 2 aromatic carbocycles. The quantitative estimate of drug-likeness (QED) is 0.523. The van der Waals surface area contributed by atoms with E-state index in [1.54, 1.807) is 24.3 Å². The Morgan fingerprint density at radius 2 is 1.50 bits per heavy atom. The van der Waals surface area contributed by atoms with E-state index in [1.807, 2.05) is 18.5 Å².